The fourth-order valence-corrected chi connectivity index (χ4v) is 2.67. The second kappa shape index (κ2) is 4.63. The molecule has 0 heterocycles. The van der Waals surface area contributed by atoms with Crippen LogP contribution in [0.4, 0.5) is 0 Å². The predicted octanol–water partition coefficient (Wildman–Crippen LogP) is 3.66. The van der Waals surface area contributed by atoms with E-state index in [0.29, 0.717) is 21.5 Å². The summed E-state index contributed by atoms with van der Waals surface area (Å²) in [7, 11) is 0. The highest BCUT2D eigenvalue weighted by molar-refractivity contribution is 6.35. The van der Waals surface area contributed by atoms with Crippen molar-refractivity contribution in [2.75, 3.05) is 0 Å². The number of halogens is 2. The van der Waals surface area contributed by atoms with E-state index in [2.05, 4.69) is 6.07 Å². The molecule has 1 aromatic rings. The van der Waals surface area contributed by atoms with Gasteiger partial charge in [-0.2, -0.15) is 5.26 Å². The molecule has 1 aliphatic carbocycles. The zero-order valence-electron chi connectivity index (χ0n) is 8.71. The Hall–Kier alpha value is -0.750. The molecule has 2 nitrogen and oxygen atoms in total. The minimum Gasteiger partial charge on any atom is -0.324 e. The molecule has 0 saturated heterocycles. The summed E-state index contributed by atoms with van der Waals surface area (Å²) in [5.74, 6) is 0.450. The van der Waals surface area contributed by atoms with Gasteiger partial charge < -0.3 is 5.73 Å². The summed E-state index contributed by atoms with van der Waals surface area (Å²) >= 11 is 12.0. The van der Waals surface area contributed by atoms with Gasteiger partial charge in [0.2, 0.25) is 0 Å². The molecule has 0 bridgehead atoms. The van der Waals surface area contributed by atoms with Crippen LogP contribution in [0.3, 0.4) is 0 Å². The Labute approximate surface area is 105 Å². The molecule has 1 aliphatic rings. The predicted molar refractivity (Wildman–Crippen MR) is 65.4 cm³/mol. The van der Waals surface area contributed by atoms with Gasteiger partial charge in [0.25, 0.3) is 0 Å². The third-order valence-electron chi connectivity index (χ3n) is 3.21. The van der Waals surface area contributed by atoms with E-state index in [1.54, 1.807) is 12.1 Å². The topological polar surface area (TPSA) is 49.8 Å². The SMILES string of the molecule is N#Cc1cc(Cl)cc(Cl)c1[C@H](N)C1CCC1. The van der Waals surface area contributed by atoms with Crippen molar-refractivity contribution in [3.05, 3.63) is 33.3 Å². The van der Waals surface area contributed by atoms with Crippen LogP contribution in [0.25, 0.3) is 0 Å². The molecule has 0 radical (unpaired) electrons. The van der Waals surface area contributed by atoms with Crippen molar-refractivity contribution in [2.24, 2.45) is 11.7 Å². The molecule has 1 fully saturated rings. The summed E-state index contributed by atoms with van der Waals surface area (Å²) in [6.07, 6.45) is 3.45. The van der Waals surface area contributed by atoms with Gasteiger partial charge in [-0.3, -0.25) is 0 Å². The van der Waals surface area contributed by atoms with Gasteiger partial charge in [0.1, 0.15) is 0 Å². The first-order valence-electron chi connectivity index (χ1n) is 5.28. The van der Waals surface area contributed by atoms with Crippen LogP contribution in [0.15, 0.2) is 12.1 Å². The van der Waals surface area contributed by atoms with E-state index in [1.165, 1.54) is 6.42 Å². The molecule has 4 heteroatoms. The fourth-order valence-electron chi connectivity index (χ4n) is 2.05. The minimum absolute atomic E-state index is 0.145. The van der Waals surface area contributed by atoms with E-state index in [0.717, 1.165) is 18.4 Å². The van der Waals surface area contributed by atoms with E-state index in [9.17, 15) is 0 Å². The van der Waals surface area contributed by atoms with Gasteiger partial charge in [-0.1, -0.05) is 29.6 Å². The van der Waals surface area contributed by atoms with Crippen molar-refractivity contribution in [3.63, 3.8) is 0 Å². The molecule has 2 N–H and O–H groups in total. The highest BCUT2D eigenvalue weighted by atomic mass is 35.5. The summed E-state index contributed by atoms with van der Waals surface area (Å²) < 4.78 is 0. The molecule has 0 aromatic heterocycles. The second-order valence-electron chi connectivity index (χ2n) is 4.18. The first-order valence-corrected chi connectivity index (χ1v) is 6.03. The van der Waals surface area contributed by atoms with E-state index in [4.69, 9.17) is 34.2 Å². The molecule has 2 rings (SSSR count). The minimum atomic E-state index is -0.145. The van der Waals surface area contributed by atoms with Crippen LogP contribution in [-0.2, 0) is 0 Å². The number of nitrogens with zero attached hydrogens (tertiary/aromatic N) is 1. The Bertz CT molecular complexity index is 447. The molecule has 16 heavy (non-hydrogen) atoms. The van der Waals surface area contributed by atoms with E-state index < -0.39 is 0 Å². The molecule has 0 spiro atoms. The Morgan fingerprint density at radius 3 is 2.56 bits per heavy atom. The molecule has 1 aromatic carbocycles. The van der Waals surface area contributed by atoms with E-state index in [1.807, 2.05) is 0 Å². The highest BCUT2D eigenvalue weighted by Gasteiger charge is 2.28. The number of benzene rings is 1. The molecule has 84 valence electrons. The molecular formula is C12H12Cl2N2. The lowest BCUT2D eigenvalue weighted by Crippen LogP contribution is -2.27. The maximum absolute atomic E-state index is 9.07. The van der Waals surface area contributed by atoms with Crippen LogP contribution >= 0.6 is 23.2 Å². The average Bonchev–Trinajstić information content (AvgIpc) is 2.13. The van der Waals surface area contributed by atoms with Gasteiger partial charge >= 0.3 is 0 Å². The number of nitrogens with two attached hydrogens (primary N) is 1. The molecular weight excluding hydrogens is 243 g/mol. The average molecular weight is 255 g/mol. The highest BCUT2D eigenvalue weighted by Crippen LogP contribution is 2.40. The van der Waals surface area contributed by atoms with Crippen LogP contribution < -0.4 is 5.73 Å². The maximum atomic E-state index is 9.07. The Morgan fingerprint density at radius 2 is 2.06 bits per heavy atom. The van der Waals surface area contributed by atoms with Gasteiger partial charge in [0.15, 0.2) is 0 Å². The smallest absolute Gasteiger partial charge is 0.0996 e. The number of hydrogen-bond donors (Lipinski definition) is 1. The van der Waals surface area contributed by atoms with Crippen LogP contribution in [0.1, 0.15) is 36.4 Å². The first-order chi connectivity index (χ1) is 7.63. The van der Waals surface area contributed by atoms with Crippen molar-refractivity contribution in [1.82, 2.24) is 0 Å². The number of rotatable bonds is 2. The first kappa shape index (κ1) is 11.7. The van der Waals surface area contributed by atoms with E-state index in [-0.39, 0.29) is 6.04 Å². The van der Waals surface area contributed by atoms with Gasteiger partial charge in [0, 0.05) is 21.7 Å². The summed E-state index contributed by atoms with van der Waals surface area (Å²) in [6.45, 7) is 0. The second-order valence-corrected chi connectivity index (χ2v) is 5.02. The Balaban J connectivity index is 2.42. The summed E-state index contributed by atoms with van der Waals surface area (Å²) in [4.78, 5) is 0. The van der Waals surface area contributed by atoms with Crippen LogP contribution in [-0.4, -0.2) is 0 Å². The number of nitriles is 1. The summed E-state index contributed by atoms with van der Waals surface area (Å²) in [5.41, 5.74) is 7.39. The van der Waals surface area contributed by atoms with Gasteiger partial charge in [0.05, 0.1) is 11.6 Å². The monoisotopic (exact) mass is 254 g/mol. The molecule has 0 amide bonds. The lowest BCUT2D eigenvalue weighted by atomic mass is 9.77. The van der Waals surface area contributed by atoms with Gasteiger partial charge in [-0.05, 0) is 30.9 Å². The third-order valence-corrected chi connectivity index (χ3v) is 3.74. The van der Waals surface area contributed by atoms with Crippen molar-refractivity contribution < 1.29 is 0 Å². The van der Waals surface area contributed by atoms with Crippen LogP contribution in [0, 0.1) is 17.2 Å². The fraction of sp³-hybridized carbons (Fsp3) is 0.417. The quantitative estimate of drug-likeness (QED) is 0.876. The molecule has 1 saturated carbocycles. The number of hydrogen-bond acceptors (Lipinski definition) is 2. The van der Waals surface area contributed by atoms with Crippen molar-refractivity contribution in [1.29, 1.82) is 5.26 Å². The van der Waals surface area contributed by atoms with Crippen molar-refractivity contribution in [2.45, 2.75) is 25.3 Å². The largest absolute Gasteiger partial charge is 0.324 e. The normalized spacial score (nSPS) is 17.6. The summed E-state index contributed by atoms with van der Waals surface area (Å²) in [6, 6.07) is 5.24. The van der Waals surface area contributed by atoms with Gasteiger partial charge in [-0.25, -0.2) is 0 Å². The van der Waals surface area contributed by atoms with Crippen LogP contribution in [0.5, 0.6) is 0 Å². The summed E-state index contributed by atoms with van der Waals surface area (Å²) in [5, 5.41) is 10.0. The molecule has 1 atom stereocenters. The Morgan fingerprint density at radius 1 is 1.38 bits per heavy atom. The molecule has 0 aliphatic heterocycles. The standard InChI is InChI=1S/C12H12Cl2N2/c13-9-4-8(6-15)11(10(14)5-9)12(16)7-2-1-3-7/h4-5,7,12H,1-3,16H2/t12-/m1/s1. The van der Waals surface area contributed by atoms with E-state index >= 15 is 0 Å². The third kappa shape index (κ3) is 2.04. The van der Waals surface area contributed by atoms with Crippen molar-refractivity contribution >= 4 is 23.2 Å². The van der Waals surface area contributed by atoms with Crippen LogP contribution in [0.2, 0.25) is 10.0 Å². The molecule has 0 unspecified atom stereocenters. The zero-order chi connectivity index (χ0) is 11.7. The maximum Gasteiger partial charge on any atom is 0.0996 e. The lowest BCUT2D eigenvalue weighted by molar-refractivity contribution is 0.264. The van der Waals surface area contributed by atoms with Gasteiger partial charge in [-0.15, -0.1) is 0 Å². The zero-order valence-corrected chi connectivity index (χ0v) is 10.2. The van der Waals surface area contributed by atoms with Crippen molar-refractivity contribution in [3.8, 4) is 6.07 Å². The Kier molecular flexibility index (Phi) is 3.39. The lowest BCUT2D eigenvalue weighted by Gasteiger charge is -2.32.